The molecule has 5 heteroatoms. The van der Waals surface area contributed by atoms with Crippen LogP contribution in [0, 0.1) is 0 Å². The lowest BCUT2D eigenvalue weighted by atomic mass is 9.83. The summed E-state index contributed by atoms with van der Waals surface area (Å²) in [5.74, 6) is 1.07. The summed E-state index contributed by atoms with van der Waals surface area (Å²) in [5.41, 5.74) is 3.81. The van der Waals surface area contributed by atoms with Crippen molar-refractivity contribution in [3.8, 4) is 11.5 Å². The highest BCUT2D eigenvalue weighted by molar-refractivity contribution is 5.93. The summed E-state index contributed by atoms with van der Waals surface area (Å²) in [7, 11) is 5.13. The van der Waals surface area contributed by atoms with Crippen molar-refractivity contribution in [2.75, 3.05) is 27.8 Å². The van der Waals surface area contributed by atoms with Crippen LogP contribution in [-0.2, 0) is 11.3 Å². The molecule has 1 aliphatic rings. The number of esters is 1. The second-order valence-electron chi connectivity index (χ2n) is 9.32. The van der Waals surface area contributed by atoms with E-state index < -0.39 is 5.97 Å². The van der Waals surface area contributed by atoms with E-state index in [1.807, 2.05) is 30.3 Å². The molecular formula is C31H31NO4. The minimum absolute atomic E-state index is 0.0173. The van der Waals surface area contributed by atoms with Crippen molar-refractivity contribution in [2.45, 2.75) is 25.0 Å². The molecule has 184 valence electrons. The Labute approximate surface area is 212 Å². The number of hydrogen-bond acceptors (Lipinski definition) is 5. The van der Waals surface area contributed by atoms with Gasteiger partial charge in [-0.05, 0) is 41.9 Å². The van der Waals surface area contributed by atoms with Crippen LogP contribution in [0.4, 0.5) is 0 Å². The second kappa shape index (κ2) is 10.4. The molecule has 0 bridgehead atoms. The summed E-state index contributed by atoms with van der Waals surface area (Å²) < 4.78 is 17.2. The zero-order chi connectivity index (χ0) is 25.1. The number of carbonyl (C=O) groups is 1. The number of nitrogens with zero attached hydrogens (tertiary/aromatic N) is 1. The molecule has 5 rings (SSSR count). The van der Waals surface area contributed by atoms with Crippen LogP contribution in [0.2, 0.25) is 0 Å². The molecule has 0 aliphatic carbocycles. The van der Waals surface area contributed by atoms with Crippen molar-refractivity contribution >= 4 is 16.7 Å². The van der Waals surface area contributed by atoms with E-state index in [2.05, 4.69) is 60.5 Å². The average Bonchev–Trinajstić information content (AvgIpc) is 2.91. The van der Waals surface area contributed by atoms with E-state index >= 15 is 0 Å². The van der Waals surface area contributed by atoms with E-state index in [0.717, 1.165) is 36.4 Å². The predicted octanol–water partition coefficient (Wildman–Crippen LogP) is 6.05. The van der Waals surface area contributed by atoms with E-state index in [-0.39, 0.29) is 12.0 Å². The molecule has 0 amide bonds. The van der Waals surface area contributed by atoms with Crippen LogP contribution >= 0.6 is 0 Å². The lowest BCUT2D eigenvalue weighted by molar-refractivity contribution is 0.0596. The van der Waals surface area contributed by atoms with E-state index in [1.165, 1.54) is 23.4 Å². The number of hydrogen-bond donors (Lipinski definition) is 0. The number of likely N-dealkylation sites (N-methyl/N-ethyl adjacent to an activating group) is 1. The zero-order valence-corrected chi connectivity index (χ0v) is 20.9. The molecule has 0 radical (unpaired) electrons. The summed E-state index contributed by atoms with van der Waals surface area (Å²) in [6.45, 7) is 1.60. The van der Waals surface area contributed by atoms with Crippen molar-refractivity contribution in [1.82, 2.24) is 4.90 Å². The molecule has 0 N–H and O–H groups in total. The lowest BCUT2D eigenvalue weighted by Crippen LogP contribution is -2.36. The van der Waals surface area contributed by atoms with Crippen LogP contribution in [0.1, 0.15) is 39.4 Å². The molecule has 2 unspecified atom stereocenters. The normalized spacial score (nSPS) is 16.9. The van der Waals surface area contributed by atoms with Crippen LogP contribution in [0.25, 0.3) is 10.8 Å². The number of fused-ring (bicyclic) bond motifs is 2. The minimum atomic E-state index is -0.402. The Hall–Kier alpha value is -3.83. The van der Waals surface area contributed by atoms with Gasteiger partial charge in [0.25, 0.3) is 0 Å². The van der Waals surface area contributed by atoms with Gasteiger partial charge in [0.05, 0.1) is 14.2 Å². The summed E-state index contributed by atoms with van der Waals surface area (Å²) in [6.07, 6.45) is 0.758. The fourth-order valence-electron chi connectivity index (χ4n) is 5.36. The first kappa shape index (κ1) is 23.9. The first-order valence-corrected chi connectivity index (χ1v) is 12.2. The summed E-state index contributed by atoms with van der Waals surface area (Å²) in [4.78, 5) is 14.7. The molecule has 4 aromatic carbocycles. The van der Waals surface area contributed by atoms with Crippen molar-refractivity contribution in [3.05, 3.63) is 107 Å². The Morgan fingerprint density at radius 2 is 1.64 bits per heavy atom. The van der Waals surface area contributed by atoms with Crippen LogP contribution < -0.4 is 9.47 Å². The van der Waals surface area contributed by atoms with Gasteiger partial charge in [0.1, 0.15) is 23.2 Å². The van der Waals surface area contributed by atoms with Crippen molar-refractivity contribution in [3.63, 3.8) is 0 Å². The molecule has 0 saturated heterocycles. The summed E-state index contributed by atoms with van der Waals surface area (Å²) in [6, 6.07) is 28.8. The highest BCUT2D eigenvalue weighted by Gasteiger charge is 2.33. The molecule has 2 atom stereocenters. The van der Waals surface area contributed by atoms with Crippen LogP contribution in [0.3, 0.4) is 0 Å². The average molecular weight is 482 g/mol. The van der Waals surface area contributed by atoms with Gasteiger partial charge in [-0.3, -0.25) is 4.90 Å². The molecule has 5 nitrogen and oxygen atoms in total. The SMILES string of the molecule is COC(=O)c1cccc(C2CC(CN(C)Cc3cccc4ccccc34)Oc3ccccc32)c1OC. The Balaban J connectivity index is 1.43. The molecule has 0 aromatic heterocycles. The number of carbonyl (C=O) groups excluding carboxylic acids is 1. The number of methoxy groups -OCH3 is 2. The number of rotatable bonds is 7. The third-order valence-corrected chi connectivity index (χ3v) is 6.95. The third kappa shape index (κ3) is 4.67. The van der Waals surface area contributed by atoms with Gasteiger partial charge in [-0.2, -0.15) is 0 Å². The van der Waals surface area contributed by atoms with Crippen LogP contribution in [-0.4, -0.2) is 44.8 Å². The summed E-state index contributed by atoms with van der Waals surface area (Å²) >= 11 is 0. The molecular weight excluding hydrogens is 450 g/mol. The summed E-state index contributed by atoms with van der Waals surface area (Å²) in [5, 5.41) is 2.54. The van der Waals surface area contributed by atoms with Crippen molar-refractivity contribution < 1.29 is 19.0 Å². The van der Waals surface area contributed by atoms with E-state index in [1.54, 1.807) is 13.2 Å². The first-order valence-electron chi connectivity index (χ1n) is 12.2. The Morgan fingerprint density at radius 1 is 0.917 bits per heavy atom. The van der Waals surface area contributed by atoms with E-state index in [4.69, 9.17) is 14.2 Å². The van der Waals surface area contributed by atoms with Gasteiger partial charge in [0, 0.05) is 30.1 Å². The standard InChI is InChI=1S/C31H31NO4/c1-32(19-22-12-8-11-21-10-4-5-13-24(21)22)20-23-18-28(25-14-6-7-17-29(25)36-23)26-15-9-16-27(30(26)34-2)31(33)35-3/h4-17,23,28H,18-20H2,1-3H3. The molecule has 0 saturated carbocycles. The van der Waals surface area contributed by atoms with Crippen LogP contribution in [0.15, 0.2) is 84.9 Å². The predicted molar refractivity (Wildman–Crippen MR) is 142 cm³/mol. The zero-order valence-electron chi connectivity index (χ0n) is 20.9. The molecule has 1 aliphatic heterocycles. The minimum Gasteiger partial charge on any atom is -0.496 e. The fourth-order valence-corrected chi connectivity index (χ4v) is 5.36. The quantitative estimate of drug-likeness (QED) is 0.301. The van der Waals surface area contributed by atoms with Gasteiger partial charge >= 0.3 is 5.97 Å². The van der Waals surface area contributed by atoms with Gasteiger partial charge in [-0.25, -0.2) is 4.79 Å². The first-order chi connectivity index (χ1) is 17.6. The monoisotopic (exact) mass is 481 g/mol. The highest BCUT2D eigenvalue weighted by Crippen LogP contribution is 2.44. The van der Waals surface area contributed by atoms with E-state index in [0.29, 0.717) is 11.3 Å². The van der Waals surface area contributed by atoms with E-state index in [9.17, 15) is 4.79 Å². The largest absolute Gasteiger partial charge is 0.496 e. The molecule has 36 heavy (non-hydrogen) atoms. The van der Waals surface area contributed by atoms with Gasteiger partial charge in [-0.15, -0.1) is 0 Å². The maximum Gasteiger partial charge on any atom is 0.341 e. The maximum absolute atomic E-state index is 12.4. The number of para-hydroxylation sites is 2. The van der Waals surface area contributed by atoms with Crippen molar-refractivity contribution in [1.29, 1.82) is 0 Å². The number of benzene rings is 4. The van der Waals surface area contributed by atoms with Gasteiger partial charge in [-0.1, -0.05) is 72.8 Å². The van der Waals surface area contributed by atoms with Crippen molar-refractivity contribution in [2.24, 2.45) is 0 Å². The molecule has 4 aromatic rings. The Kier molecular flexibility index (Phi) is 6.92. The Morgan fingerprint density at radius 3 is 2.47 bits per heavy atom. The lowest BCUT2D eigenvalue weighted by Gasteiger charge is -2.35. The smallest absolute Gasteiger partial charge is 0.341 e. The molecule has 1 heterocycles. The maximum atomic E-state index is 12.4. The molecule has 0 spiro atoms. The van der Waals surface area contributed by atoms with Crippen LogP contribution in [0.5, 0.6) is 11.5 Å². The second-order valence-corrected chi connectivity index (χ2v) is 9.32. The van der Waals surface area contributed by atoms with Gasteiger partial charge in [0.2, 0.25) is 0 Å². The highest BCUT2D eigenvalue weighted by atomic mass is 16.5. The molecule has 0 fully saturated rings. The fraction of sp³-hybridized carbons (Fsp3) is 0.258. The van der Waals surface area contributed by atoms with Gasteiger partial charge < -0.3 is 14.2 Å². The topological polar surface area (TPSA) is 48.0 Å². The number of ether oxygens (including phenoxy) is 3. The Bertz CT molecular complexity index is 1380. The van der Waals surface area contributed by atoms with Gasteiger partial charge in [0.15, 0.2) is 0 Å². The third-order valence-electron chi connectivity index (χ3n) is 6.95.